The van der Waals surface area contributed by atoms with Crippen LogP contribution in [0.2, 0.25) is 0 Å². The van der Waals surface area contributed by atoms with Crippen LogP contribution in [0.1, 0.15) is 16.8 Å². The molecule has 0 aliphatic carbocycles. The van der Waals surface area contributed by atoms with E-state index in [0.29, 0.717) is 0 Å². The first-order valence-corrected chi connectivity index (χ1v) is 6.17. The fourth-order valence-electron chi connectivity index (χ4n) is 2.38. The summed E-state index contributed by atoms with van der Waals surface area (Å²) in [6.07, 6.45) is 0. The molecule has 2 heterocycles. The van der Waals surface area contributed by atoms with Gasteiger partial charge < -0.3 is 4.98 Å². The van der Waals surface area contributed by atoms with Gasteiger partial charge in [-0.15, -0.1) is 0 Å². The molecule has 0 aliphatic heterocycles. The number of aromatic nitrogens is 2. The molecule has 0 saturated heterocycles. The Labute approximate surface area is 107 Å². The Kier molecular flexibility index (Phi) is 2.44. The lowest BCUT2D eigenvalue weighted by Crippen LogP contribution is -1.88. The number of fused-ring (bicyclic) bond motifs is 1. The zero-order valence-electron chi connectivity index (χ0n) is 10.9. The number of aromatic amines is 1. The van der Waals surface area contributed by atoms with Crippen LogP contribution in [0.15, 0.2) is 36.4 Å². The van der Waals surface area contributed by atoms with Crippen molar-refractivity contribution in [1.82, 2.24) is 9.97 Å². The number of hydrogen-bond acceptors (Lipinski definition) is 1. The van der Waals surface area contributed by atoms with E-state index in [1.54, 1.807) is 0 Å². The molecule has 0 fully saturated rings. The number of pyridine rings is 1. The van der Waals surface area contributed by atoms with Crippen LogP contribution in [0.3, 0.4) is 0 Å². The van der Waals surface area contributed by atoms with Crippen LogP contribution < -0.4 is 0 Å². The average Bonchev–Trinajstić information content (AvgIpc) is 2.68. The summed E-state index contributed by atoms with van der Waals surface area (Å²) in [6.45, 7) is 6.28. The Morgan fingerprint density at radius 1 is 0.944 bits per heavy atom. The van der Waals surface area contributed by atoms with Gasteiger partial charge in [-0.1, -0.05) is 17.7 Å². The summed E-state index contributed by atoms with van der Waals surface area (Å²) in [6, 6.07) is 12.7. The largest absolute Gasteiger partial charge is 0.357 e. The van der Waals surface area contributed by atoms with Gasteiger partial charge in [-0.3, -0.25) is 0 Å². The van der Waals surface area contributed by atoms with Crippen molar-refractivity contribution in [2.45, 2.75) is 20.8 Å². The van der Waals surface area contributed by atoms with Gasteiger partial charge in [0.05, 0.1) is 16.9 Å². The first-order chi connectivity index (χ1) is 8.63. The van der Waals surface area contributed by atoms with Crippen molar-refractivity contribution in [3.05, 3.63) is 53.2 Å². The van der Waals surface area contributed by atoms with Crippen molar-refractivity contribution >= 4 is 10.9 Å². The smallest absolute Gasteiger partial charge is 0.0874 e. The minimum atomic E-state index is 1.01. The van der Waals surface area contributed by atoms with Crippen LogP contribution in [-0.2, 0) is 0 Å². The number of hydrogen-bond donors (Lipinski definition) is 1. The lowest BCUT2D eigenvalue weighted by atomic mass is 10.1. The van der Waals surface area contributed by atoms with Crippen LogP contribution in [0.5, 0.6) is 0 Å². The molecule has 0 aliphatic rings. The number of benzene rings is 1. The summed E-state index contributed by atoms with van der Waals surface area (Å²) in [5.74, 6) is 0. The molecule has 18 heavy (non-hydrogen) atoms. The number of nitrogens with zero attached hydrogens (tertiary/aromatic N) is 1. The van der Waals surface area contributed by atoms with Crippen LogP contribution in [0, 0.1) is 20.8 Å². The standard InChI is InChI=1S/C16H16N2/c1-10-4-6-14-13(8-10)5-7-15(18-14)16-11(2)9-12(3)17-16/h4-9,17H,1-3H3. The molecule has 0 radical (unpaired) electrons. The quantitative estimate of drug-likeness (QED) is 0.675. The Morgan fingerprint density at radius 2 is 1.78 bits per heavy atom. The van der Waals surface area contributed by atoms with Crippen molar-refractivity contribution in [3.63, 3.8) is 0 Å². The topological polar surface area (TPSA) is 28.7 Å². The van der Waals surface area contributed by atoms with Crippen LogP contribution in [0.4, 0.5) is 0 Å². The highest BCUT2D eigenvalue weighted by Gasteiger charge is 2.07. The van der Waals surface area contributed by atoms with Gasteiger partial charge in [0.25, 0.3) is 0 Å². The highest BCUT2D eigenvalue weighted by atomic mass is 14.8. The van der Waals surface area contributed by atoms with Crippen molar-refractivity contribution in [2.24, 2.45) is 0 Å². The maximum absolute atomic E-state index is 4.73. The molecule has 2 aromatic heterocycles. The van der Waals surface area contributed by atoms with Crippen molar-refractivity contribution in [2.75, 3.05) is 0 Å². The molecule has 1 aromatic carbocycles. The molecule has 1 N–H and O–H groups in total. The average molecular weight is 236 g/mol. The highest BCUT2D eigenvalue weighted by Crippen LogP contribution is 2.24. The van der Waals surface area contributed by atoms with E-state index in [1.807, 2.05) is 0 Å². The second-order valence-corrected chi connectivity index (χ2v) is 4.90. The van der Waals surface area contributed by atoms with Gasteiger partial charge >= 0.3 is 0 Å². The summed E-state index contributed by atoms with van der Waals surface area (Å²) in [5.41, 5.74) is 6.86. The number of aryl methyl sites for hydroxylation is 3. The maximum atomic E-state index is 4.73. The predicted octanol–water partition coefficient (Wildman–Crippen LogP) is 4.16. The van der Waals surface area contributed by atoms with E-state index in [4.69, 9.17) is 4.98 Å². The Balaban J connectivity index is 2.19. The molecule has 0 unspecified atom stereocenters. The van der Waals surface area contributed by atoms with Gasteiger partial charge in [0.15, 0.2) is 0 Å². The molecule has 90 valence electrons. The lowest BCUT2D eigenvalue weighted by Gasteiger charge is -2.03. The van der Waals surface area contributed by atoms with E-state index < -0.39 is 0 Å². The van der Waals surface area contributed by atoms with Gasteiger partial charge in [-0.05, 0) is 50.6 Å². The Hall–Kier alpha value is -2.09. The monoisotopic (exact) mass is 236 g/mol. The van der Waals surface area contributed by atoms with Crippen molar-refractivity contribution < 1.29 is 0 Å². The zero-order valence-corrected chi connectivity index (χ0v) is 10.9. The van der Waals surface area contributed by atoms with E-state index in [2.05, 4.69) is 62.2 Å². The Morgan fingerprint density at radius 3 is 2.50 bits per heavy atom. The van der Waals surface area contributed by atoms with E-state index >= 15 is 0 Å². The summed E-state index contributed by atoms with van der Waals surface area (Å²) >= 11 is 0. The third-order valence-corrected chi connectivity index (χ3v) is 3.25. The predicted molar refractivity (Wildman–Crippen MR) is 75.7 cm³/mol. The van der Waals surface area contributed by atoms with E-state index in [0.717, 1.165) is 16.9 Å². The molecule has 3 rings (SSSR count). The molecule has 0 bridgehead atoms. The van der Waals surface area contributed by atoms with Gasteiger partial charge in [0, 0.05) is 11.1 Å². The molecular formula is C16H16N2. The molecule has 0 amide bonds. The number of rotatable bonds is 1. The second-order valence-electron chi connectivity index (χ2n) is 4.90. The third-order valence-electron chi connectivity index (χ3n) is 3.25. The fraction of sp³-hybridized carbons (Fsp3) is 0.188. The molecule has 3 aromatic rings. The summed E-state index contributed by atoms with van der Waals surface area (Å²) < 4.78 is 0. The molecule has 0 atom stereocenters. The molecule has 0 spiro atoms. The minimum absolute atomic E-state index is 1.01. The first kappa shape index (κ1) is 11.0. The van der Waals surface area contributed by atoms with E-state index in [1.165, 1.54) is 22.2 Å². The maximum Gasteiger partial charge on any atom is 0.0874 e. The third kappa shape index (κ3) is 1.80. The lowest BCUT2D eigenvalue weighted by molar-refractivity contribution is 1.24. The number of nitrogens with one attached hydrogen (secondary N) is 1. The van der Waals surface area contributed by atoms with Crippen molar-refractivity contribution in [1.29, 1.82) is 0 Å². The number of H-pyrrole nitrogens is 1. The van der Waals surface area contributed by atoms with Gasteiger partial charge in [0.2, 0.25) is 0 Å². The summed E-state index contributed by atoms with van der Waals surface area (Å²) in [5, 5.41) is 1.19. The molecule has 2 heteroatoms. The van der Waals surface area contributed by atoms with Crippen LogP contribution in [-0.4, -0.2) is 9.97 Å². The molecule has 2 nitrogen and oxygen atoms in total. The van der Waals surface area contributed by atoms with E-state index in [9.17, 15) is 0 Å². The summed E-state index contributed by atoms with van der Waals surface area (Å²) in [4.78, 5) is 8.10. The summed E-state index contributed by atoms with van der Waals surface area (Å²) in [7, 11) is 0. The van der Waals surface area contributed by atoms with E-state index in [-0.39, 0.29) is 0 Å². The second kappa shape index (κ2) is 3.98. The Bertz CT molecular complexity index is 723. The zero-order chi connectivity index (χ0) is 12.7. The van der Waals surface area contributed by atoms with Crippen molar-refractivity contribution in [3.8, 4) is 11.4 Å². The van der Waals surface area contributed by atoms with Gasteiger partial charge in [-0.2, -0.15) is 0 Å². The first-order valence-electron chi connectivity index (χ1n) is 6.17. The molecule has 0 saturated carbocycles. The molecular weight excluding hydrogens is 220 g/mol. The fourth-order valence-corrected chi connectivity index (χ4v) is 2.38. The minimum Gasteiger partial charge on any atom is -0.357 e. The van der Waals surface area contributed by atoms with Gasteiger partial charge in [-0.25, -0.2) is 4.98 Å². The highest BCUT2D eigenvalue weighted by molar-refractivity contribution is 5.82. The SMILES string of the molecule is Cc1ccc2nc(-c3[nH]c(C)cc3C)ccc2c1. The van der Waals surface area contributed by atoms with Crippen LogP contribution in [0.25, 0.3) is 22.3 Å². The van der Waals surface area contributed by atoms with Gasteiger partial charge in [0.1, 0.15) is 0 Å². The normalized spacial score (nSPS) is 11.1. The van der Waals surface area contributed by atoms with Crippen LogP contribution >= 0.6 is 0 Å².